The van der Waals surface area contributed by atoms with E-state index in [0.717, 1.165) is 6.07 Å². The van der Waals surface area contributed by atoms with Crippen LogP contribution < -0.4 is 4.74 Å². The summed E-state index contributed by atoms with van der Waals surface area (Å²) < 4.78 is 68.6. The van der Waals surface area contributed by atoms with E-state index in [1.807, 2.05) is 13.8 Å². The maximum atomic E-state index is 13.7. The first-order valence-corrected chi connectivity index (χ1v) is 6.39. The predicted octanol–water partition coefficient (Wildman–Crippen LogP) is 4.18. The minimum atomic E-state index is -4.33. The summed E-state index contributed by atoms with van der Waals surface area (Å²) >= 11 is 0. The molecule has 0 aromatic heterocycles. The highest BCUT2D eigenvalue weighted by Crippen LogP contribution is 2.34. The van der Waals surface area contributed by atoms with Crippen molar-refractivity contribution in [3.05, 3.63) is 29.6 Å². The third kappa shape index (κ3) is 5.15. The van der Waals surface area contributed by atoms with Crippen molar-refractivity contribution in [3.63, 3.8) is 0 Å². The molecule has 1 aromatic rings. The van der Waals surface area contributed by atoms with Crippen LogP contribution in [0, 0.1) is 11.7 Å². The number of benzene rings is 1. The molecule has 21 heavy (non-hydrogen) atoms. The van der Waals surface area contributed by atoms with Gasteiger partial charge in [0, 0.05) is 6.42 Å². The van der Waals surface area contributed by atoms with E-state index in [1.165, 1.54) is 12.1 Å². The van der Waals surface area contributed by atoms with Gasteiger partial charge in [0.15, 0.2) is 11.6 Å². The molecule has 120 valence electrons. The molecule has 0 bridgehead atoms. The van der Waals surface area contributed by atoms with Crippen molar-refractivity contribution in [2.75, 3.05) is 6.61 Å². The first kappa shape index (κ1) is 17.7. The number of alkyl halides is 4. The average molecular weight is 312 g/mol. The quantitative estimate of drug-likeness (QED) is 0.765. The van der Waals surface area contributed by atoms with Gasteiger partial charge in [0.2, 0.25) is 0 Å². The molecule has 0 aliphatic rings. The van der Waals surface area contributed by atoms with Gasteiger partial charge in [0.25, 0.3) is 0 Å². The lowest BCUT2D eigenvalue weighted by Gasteiger charge is -2.19. The first-order valence-electron chi connectivity index (χ1n) is 6.39. The summed E-state index contributed by atoms with van der Waals surface area (Å²) in [6.45, 7) is 3.99. The highest BCUT2D eigenvalue weighted by Gasteiger charge is 2.42. The normalized spacial score (nSPS) is 13.8. The molecule has 0 spiro atoms. The zero-order valence-corrected chi connectivity index (χ0v) is 11.6. The maximum absolute atomic E-state index is 13.7. The summed E-state index contributed by atoms with van der Waals surface area (Å²) in [6.07, 6.45) is -7.25. The van der Waals surface area contributed by atoms with Gasteiger partial charge < -0.3 is 9.84 Å². The van der Waals surface area contributed by atoms with Gasteiger partial charge in [-0.25, -0.2) is 22.0 Å². The Balaban J connectivity index is 2.78. The van der Waals surface area contributed by atoms with Gasteiger partial charge in [-0.2, -0.15) is 0 Å². The van der Waals surface area contributed by atoms with Crippen LogP contribution in [0.25, 0.3) is 0 Å². The van der Waals surface area contributed by atoms with Crippen LogP contribution in [-0.2, 0) is 0 Å². The Morgan fingerprint density at radius 1 is 1.24 bits per heavy atom. The molecular formula is C14H17F5O2. The lowest BCUT2D eigenvalue weighted by Crippen LogP contribution is -2.28. The van der Waals surface area contributed by atoms with Gasteiger partial charge in [0.1, 0.15) is 0 Å². The molecule has 1 unspecified atom stereocenters. The molecular weight excluding hydrogens is 295 g/mol. The van der Waals surface area contributed by atoms with Crippen LogP contribution in [0.2, 0.25) is 0 Å². The number of ether oxygens (including phenoxy) is 1. The fourth-order valence-corrected chi connectivity index (χ4v) is 1.56. The molecule has 1 rings (SSSR count). The predicted molar refractivity (Wildman–Crippen MR) is 67.3 cm³/mol. The maximum Gasteiger partial charge on any atom is 0.310 e. The van der Waals surface area contributed by atoms with Gasteiger partial charge in [-0.3, -0.25) is 0 Å². The largest absolute Gasteiger partial charge is 0.490 e. The number of halogens is 5. The topological polar surface area (TPSA) is 29.5 Å². The molecule has 7 heteroatoms. The van der Waals surface area contributed by atoms with Crippen molar-refractivity contribution >= 4 is 0 Å². The molecule has 1 aromatic carbocycles. The molecule has 2 nitrogen and oxygen atoms in total. The molecule has 0 saturated carbocycles. The van der Waals surface area contributed by atoms with E-state index >= 15 is 0 Å². The van der Waals surface area contributed by atoms with E-state index in [4.69, 9.17) is 4.74 Å². The van der Waals surface area contributed by atoms with Crippen LogP contribution >= 0.6 is 0 Å². The Morgan fingerprint density at radius 3 is 2.33 bits per heavy atom. The monoisotopic (exact) mass is 312 g/mol. The molecule has 0 radical (unpaired) electrons. The summed E-state index contributed by atoms with van der Waals surface area (Å²) in [7, 11) is 0. The zero-order valence-electron chi connectivity index (χ0n) is 11.6. The molecule has 1 N–H and O–H groups in total. The van der Waals surface area contributed by atoms with Crippen LogP contribution in [0.15, 0.2) is 18.2 Å². The van der Waals surface area contributed by atoms with Gasteiger partial charge >= 0.3 is 12.3 Å². The number of rotatable bonds is 7. The van der Waals surface area contributed by atoms with E-state index in [-0.39, 0.29) is 23.8 Å². The number of hydrogen-bond donors (Lipinski definition) is 1. The first-order chi connectivity index (χ1) is 9.63. The van der Waals surface area contributed by atoms with Crippen molar-refractivity contribution in [2.45, 2.75) is 38.7 Å². The van der Waals surface area contributed by atoms with Crippen molar-refractivity contribution in [1.29, 1.82) is 0 Å². The number of aliphatic hydroxyl groups excluding tert-OH is 1. The van der Waals surface area contributed by atoms with Gasteiger partial charge in [-0.05, 0) is 23.6 Å². The van der Waals surface area contributed by atoms with E-state index in [9.17, 15) is 27.1 Å². The van der Waals surface area contributed by atoms with Crippen molar-refractivity contribution in [2.24, 2.45) is 5.92 Å². The second-order valence-corrected chi connectivity index (χ2v) is 5.18. The second kappa shape index (κ2) is 7.06. The highest BCUT2D eigenvalue weighted by molar-refractivity contribution is 5.30. The zero-order chi connectivity index (χ0) is 16.2. The molecule has 0 saturated heterocycles. The summed E-state index contributed by atoms with van der Waals surface area (Å²) in [5, 5.41) is 9.52. The van der Waals surface area contributed by atoms with Crippen LogP contribution in [-0.4, -0.2) is 24.1 Å². The van der Waals surface area contributed by atoms with E-state index < -0.39 is 30.7 Å². The van der Waals surface area contributed by atoms with Gasteiger partial charge in [-0.1, -0.05) is 19.9 Å². The smallest absolute Gasteiger partial charge is 0.310 e. The Bertz CT molecular complexity index is 463. The van der Waals surface area contributed by atoms with E-state index in [1.54, 1.807) is 0 Å². The standard InChI is InChI=1S/C14H17F5O2/c1-8(2)7-21-12-4-3-9(5-10(12)15)11(20)6-14(18,19)13(16)17/h3-5,8,11,13,20H,6-7H2,1-2H3. The minimum absolute atomic E-state index is 0.0831. The summed E-state index contributed by atoms with van der Waals surface area (Å²) in [5.74, 6) is -5.09. The molecule has 1 atom stereocenters. The fraction of sp³-hybridized carbons (Fsp3) is 0.571. The molecule has 0 heterocycles. The van der Waals surface area contributed by atoms with Gasteiger partial charge in [0.05, 0.1) is 12.7 Å². The third-order valence-electron chi connectivity index (χ3n) is 2.70. The molecule has 0 fully saturated rings. The molecule has 0 amide bonds. The minimum Gasteiger partial charge on any atom is -0.490 e. The lowest BCUT2D eigenvalue weighted by molar-refractivity contribution is -0.149. The van der Waals surface area contributed by atoms with Crippen molar-refractivity contribution < 1.29 is 31.8 Å². The van der Waals surface area contributed by atoms with Crippen LogP contribution in [0.4, 0.5) is 22.0 Å². The SMILES string of the molecule is CC(C)COc1ccc(C(O)CC(F)(F)C(F)F)cc1F. The summed E-state index contributed by atoms with van der Waals surface area (Å²) in [6, 6.07) is 3.16. The Labute approximate surface area is 119 Å². The van der Waals surface area contributed by atoms with Crippen LogP contribution in [0.1, 0.15) is 31.9 Å². The average Bonchev–Trinajstić information content (AvgIpc) is 2.36. The van der Waals surface area contributed by atoms with E-state index in [0.29, 0.717) is 0 Å². The molecule has 0 aliphatic heterocycles. The van der Waals surface area contributed by atoms with Crippen LogP contribution in [0.3, 0.4) is 0 Å². The second-order valence-electron chi connectivity index (χ2n) is 5.18. The highest BCUT2D eigenvalue weighted by atomic mass is 19.3. The lowest BCUT2D eigenvalue weighted by atomic mass is 10.0. The Morgan fingerprint density at radius 2 is 1.86 bits per heavy atom. The van der Waals surface area contributed by atoms with Crippen LogP contribution in [0.5, 0.6) is 5.75 Å². The molecule has 0 aliphatic carbocycles. The number of aliphatic hydroxyl groups is 1. The Kier molecular flexibility index (Phi) is 5.95. The summed E-state index contributed by atoms with van der Waals surface area (Å²) in [4.78, 5) is 0. The third-order valence-corrected chi connectivity index (χ3v) is 2.70. The van der Waals surface area contributed by atoms with Crippen molar-refractivity contribution in [3.8, 4) is 5.75 Å². The van der Waals surface area contributed by atoms with Crippen molar-refractivity contribution in [1.82, 2.24) is 0 Å². The van der Waals surface area contributed by atoms with Gasteiger partial charge in [-0.15, -0.1) is 0 Å². The fourth-order valence-electron chi connectivity index (χ4n) is 1.56. The number of hydrogen-bond acceptors (Lipinski definition) is 2. The summed E-state index contributed by atoms with van der Waals surface area (Å²) in [5.41, 5.74) is -0.204. The van der Waals surface area contributed by atoms with E-state index in [2.05, 4.69) is 0 Å². The Hall–Kier alpha value is -1.37.